The highest BCUT2D eigenvalue weighted by Crippen LogP contribution is 2.13. The minimum Gasteiger partial charge on any atom is -0.354 e. The lowest BCUT2D eigenvalue weighted by molar-refractivity contribution is 0.811. The van der Waals surface area contributed by atoms with Crippen molar-refractivity contribution in [3.63, 3.8) is 0 Å². The zero-order valence-corrected chi connectivity index (χ0v) is 13.2. The van der Waals surface area contributed by atoms with E-state index in [0.717, 1.165) is 26.1 Å². The molecule has 4 N–H and O–H groups in total. The van der Waals surface area contributed by atoms with Gasteiger partial charge in [0, 0.05) is 24.5 Å². The Morgan fingerprint density at radius 1 is 1.19 bits per heavy atom. The second-order valence-corrected chi connectivity index (χ2v) is 5.39. The molecule has 2 aromatic rings. The van der Waals surface area contributed by atoms with Gasteiger partial charge in [0.15, 0.2) is 0 Å². The fourth-order valence-electron chi connectivity index (χ4n) is 1.91. The van der Waals surface area contributed by atoms with Crippen molar-refractivity contribution in [2.45, 2.75) is 20.3 Å². The Bertz CT molecular complexity index is 539. The van der Waals surface area contributed by atoms with Crippen molar-refractivity contribution in [3.8, 4) is 0 Å². The topological polar surface area (TPSA) is 92.0 Å². The maximum atomic E-state index is 5.43. The molecule has 0 unspecified atom stereocenters. The number of hydrazine groups is 1. The van der Waals surface area contributed by atoms with Gasteiger partial charge in [-0.15, -0.1) is 11.3 Å². The first-order chi connectivity index (χ1) is 10.3. The Morgan fingerprint density at radius 3 is 2.57 bits per heavy atom. The summed E-state index contributed by atoms with van der Waals surface area (Å²) in [7, 11) is 0. The van der Waals surface area contributed by atoms with E-state index in [-0.39, 0.29) is 0 Å². The van der Waals surface area contributed by atoms with Crippen LogP contribution in [0.15, 0.2) is 17.5 Å². The van der Waals surface area contributed by atoms with Crippen LogP contribution in [-0.4, -0.2) is 34.6 Å². The highest BCUT2D eigenvalue weighted by Gasteiger charge is 2.10. The minimum atomic E-state index is 0.366. The van der Waals surface area contributed by atoms with Crippen LogP contribution in [0.4, 0.5) is 17.8 Å². The molecule has 2 heterocycles. The largest absolute Gasteiger partial charge is 0.354 e. The van der Waals surface area contributed by atoms with Crippen molar-refractivity contribution < 1.29 is 0 Å². The highest BCUT2D eigenvalue weighted by molar-refractivity contribution is 7.09. The summed E-state index contributed by atoms with van der Waals surface area (Å²) in [6.07, 6.45) is 0.940. The first-order valence-electron chi connectivity index (χ1n) is 7.00. The normalized spacial score (nSPS) is 10.4. The van der Waals surface area contributed by atoms with E-state index in [4.69, 9.17) is 5.84 Å². The molecule has 21 heavy (non-hydrogen) atoms. The summed E-state index contributed by atoms with van der Waals surface area (Å²) < 4.78 is 0. The lowest BCUT2D eigenvalue weighted by atomic mass is 10.3. The van der Waals surface area contributed by atoms with Crippen LogP contribution < -0.4 is 21.5 Å². The van der Waals surface area contributed by atoms with Gasteiger partial charge in [-0.05, 0) is 31.7 Å². The summed E-state index contributed by atoms with van der Waals surface area (Å²) in [5, 5.41) is 5.30. The zero-order valence-electron chi connectivity index (χ0n) is 12.3. The molecule has 0 aliphatic rings. The van der Waals surface area contributed by atoms with E-state index in [1.165, 1.54) is 4.88 Å². The molecule has 0 aliphatic heterocycles. The highest BCUT2D eigenvalue weighted by atomic mass is 32.1. The predicted molar refractivity (Wildman–Crippen MR) is 87.7 cm³/mol. The Balaban J connectivity index is 2.05. The first-order valence-corrected chi connectivity index (χ1v) is 7.88. The number of hydrogen-bond donors (Lipinski definition) is 3. The molecule has 0 amide bonds. The molecule has 0 aliphatic carbocycles. The van der Waals surface area contributed by atoms with E-state index in [2.05, 4.69) is 57.1 Å². The fraction of sp³-hybridized carbons (Fsp3) is 0.462. The summed E-state index contributed by atoms with van der Waals surface area (Å²) in [4.78, 5) is 16.3. The van der Waals surface area contributed by atoms with Gasteiger partial charge in [0.2, 0.25) is 17.8 Å². The van der Waals surface area contributed by atoms with Crippen LogP contribution in [0.1, 0.15) is 18.7 Å². The van der Waals surface area contributed by atoms with Crippen LogP contribution in [-0.2, 0) is 6.42 Å². The van der Waals surface area contributed by atoms with Gasteiger partial charge in [-0.25, -0.2) is 5.84 Å². The van der Waals surface area contributed by atoms with E-state index < -0.39 is 0 Å². The quantitative estimate of drug-likeness (QED) is 0.505. The molecule has 114 valence electrons. The smallest absolute Gasteiger partial charge is 0.243 e. The van der Waals surface area contributed by atoms with Crippen molar-refractivity contribution in [1.82, 2.24) is 15.0 Å². The number of nitrogens with two attached hydrogens (primary N) is 1. The molecule has 0 aromatic carbocycles. The zero-order chi connectivity index (χ0) is 15.1. The monoisotopic (exact) mass is 307 g/mol. The Labute approximate surface area is 128 Å². The third-order valence-corrected chi connectivity index (χ3v) is 3.97. The number of aromatic nitrogens is 3. The van der Waals surface area contributed by atoms with Gasteiger partial charge < -0.3 is 10.2 Å². The molecular weight excluding hydrogens is 286 g/mol. The number of rotatable bonds is 8. The molecular formula is C13H21N7S. The summed E-state index contributed by atoms with van der Waals surface area (Å²) in [5.74, 6) is 6.96. The second-order valence-electron chi connectivity index (χ2n) is 4.36. The van der Waals surface area contributed by atoms with Crippen molar-refractivity contribution in [3.05, 3.63) is 22.4 Å². The van der Waals surface area contributed by atoms with Gasteiger partial charge in [-0.3, -0.25) is 5.43 Å². The average Bonchev–Trinajstić information content (AvgIpc) is 3.01. The lowest BCUT2D eigenvalue weighted by Gasteiger charge is -2.19. The Morgan fingerprint density at radius 2 is 1.95 bits per heavy atom. The molecule has 0 spiro atoms. The second kappa shape index (κ2) is 7.75. The third kappa shape index (κ3) is 4.27. The number of thiophene rings is 1. The number of nitrogen functional groups attached to an aromatic ring is 1. The third-order valence-electron chi connectivity index (χ3n) is 3.03. The number of hydrogen-bond acceptors (Lipinski definition) is 8. The van der Waals surface area contributed by atoms with Gasteiger partial charge >= 0.3 is 0 Å². The van der Waals surface area contributed by atoms with Gasteiger partial charge in [-0.2, -0.15) is 15.0 Å². The van der Waals surface area contributed by atoms with Gasteiger partial charge in [0.1, 0.15) is 0 Å². The van der Waals surface area contributed by atoms with E-state index in [1.54, 1.807) is 11.3 Å². The molecule has 0 bridgehead atoms. The maximum Gasteiger partial charge on any atom is 0.243 e. The molecule has 0 saturated heterocycles. The van der Waals surface area contributed by atoms with Crippen LogP contribution in [0.5, 0.6) is 0 Å². The molecule has 0 radical (unpaired) electrons. The molecule has 7 nitrogen and oxygen atoms in total. The molecule has 0 saturated carbocycles. The molecule has 0 fully saturated rings. The van der Waals surface area contributed by atoms with Gasteiger partial charge in [-0.1, -0.05) is 6.07 Å². The fourth-order valence-corrected chi connectivity index (χ4v) is 2.62. The standard InChI is InChI=1S/C13H21N7S/c1-3-20(4-2)13-17-11(16-12(18-13)19-14)15-8-7-10-6-5-9-21-10/h5-6,9H,3-4,7-8,14H2,1-2H3,(H2,15,16,17,18,19). The van der Waals surface area contributed by atoms with Crippen LogP contribution in [0.2, 0.25) is 0 Å². The molecule has 0 atom stereocenters. The molecule has 8 heteroatoms. The molecule has 2 rings (SSSR count). The van der Waals surface area contributed by atoms with Crippen molar-refractivity contribution in [1.29, 1.82) is 0 Å². The van der Waals surface area contributed by atoms with Crippen LogP contribution in [0.3, 0.4) is 0 Å². The number of nitrogens with zero attached hydrogens (tertiary/aromatic N) is 4. The van der Waals surface area contributed by atoms with Crippen molar-refractivity contribution >= 4 is 29.2 Å². The average molecular weight is 307 g/mol. The van der Waals surface area contributed by atoms with Crippen LogP contribution in [0, 0.1) is 0 Å². The predicted octanol–water partition coefficient (Wildman–Crippen LogP) is 1.72. The minimum absolute atomic E-state index is 0.366. The van der Waals surface area contributed by atoms with Crippen LogP contribution in [0.25, 0.3) is 0 Å². The maximum absolute atomic E-state index is 5.43. The van der Waals surface area contributed by atoms with E-state index in [1.807, 2.05) is 4.90 Å². The van der Waals surface area contributed by atoms with E-state index >= 15 is 0 Å². The van der Waals surface area contributed by atoms with Gasteiger partial charge in [0.25, 0.3) is 0 Å². The van der Waals surface area contributed by atoms with E-state index in [0.29, 0.717) is 17.8 Å². The van der Waals surface area contributed by atoms with Gasteiger partial charge in [0.05, 0.1) is 0 Å². The van der Waals surface area contributed by atoms with Crippen molar-refractivity contribution in [2.24, 2.45) is 5.84 Å². The summed E-state index contributed by atoms with van der Waals surface area (Å²) in [5.41, 5.74) is 2.49. The number of anilines is 3. The Hall–Kier alpha value is -1.93. The first kappa shape index (κ1) is 15.5. The summed E-state index contributed by atoms with van der Waals surface area (Å²) in [6, 6.07) is 4.17. The van der Waals surface area contributed by atoms with E-state index in [9.17, 15) is 0 Å². The lowest BCUT2D eigenvalue weighted by Crippen LogP contribution is -2.26. The Kier molecular flexibility index (Phi) is 5.70. The van der Waals surface area contributed by atoms with Crippen LogP contribution >= 0.6 is 11.3 Å². The summed E-state index contributed by atoms with van der Waals surface area (Å²) in [6.45, 7) is 6.56. The summed E-state index contributed by atoms with van der Waals surface area (Å²) >= 11 is 1.75. The SMILES string of the molecule is CCN(CC)c1nc(NN)nc(NCCc2cccs2)n1. The number of nitrogens with one attached hydrogen (secondary N) is 2. The molecule has 2 aromatic heterocycles. The van der Waals surface area contributed by atoms with Crippen molar-refractivity contribution in [2.75, 3.05) is 35.3 Å².